The van der Waals surface area contributed by atoms with Gasteiger partial charge in [0.2, 0.25) is 0 Å². The molecule has 0 aliphatic carbocycles. The fourth-order valence-electron chi connectivity index (χ4n) is 1.53. The molecule has 0 aliphatic rings. The largest absolute Gasteiger partial charge is 0.462 e. The van der Waals surface area contributed by atoms with Crippen LogP contribution in [0.25, 0.3) is 0 Å². The van der Waals surface area contributed by atoms with Crippen molar-refractivity contribution in [1.29, 1.82) is 0 Å². The number of esters is 1. The van der Waals surface area contributed by atoms with Gasteiger partial charge in [-0.1, -0.05) is 0 Å². The number of aromatic nitrogens is 1. The topological polar surface area (TPSA) is 69.7 Å². The number of nitrogens with one attached hydrogen (secondary N) is 1. The van der Waals surface area contributed by atoms with Crippen LogP contribution in [0.15, 0.2) is 18.3 Å². The molecule has 19 heavy (non-hydrogen) atoms. The third-order valence-corrected chi connectivity index (χ3v) is 2.49. The zero-order chi connectivity index (χ0) is 14.1. The minimum absolute atomic E-state index is 0.109. The number of nitrogens with zero attached hydrogens (tertiary/aromatic N) is 1. The first-order chi connectivity index (χ1) is 9.22. The van der Waals surface area contributed by atoms with Crippen molar-refractivity contribution in [2.45, 2.75) is 13.0 Å². The Morgan fingerprint density at radius 1 is 1.47 bits per heavy atom. The molecule has 1 unspecified atom stereocenters. The second kappa shape index (κ2) is 8.44. The second-order valence-electron chi connectivity index (χ2n) is 3.81. The van der Waals surface area contributed by atoms with Gasteiger partial charge in [0.15, 0.2) is 0 Å². The summed E-state index contributed by atoms with van der Waals surface area (Å²) in [5.41, 5.74) is 0.414. The highest BCUT2D eigenvalue weighted by Crippen LogP contribution is 2.13. The Bertz CT molecular complexity index is 398. The Kier molecular flexibility index (Phi) is 6.84. The number of methoxy groups -OCH3 is 2. The van der Waals surface area contributed by atoms with E-state index in [0.717, 1.165) is 0 Å². The molecular formula is C13H20N2O4. The molecule has 0 radical (unpaired) electrons. The van der Waals surface area contributed by atoms with Gasteiger partial charge in [0.25, 0.3) is 0 Å². The maximum absolute atomic E-state index is 11.7. The lowest BCUT2D eigenvalue weighted by atomic mass is 10.2. The van der Waals surface area contributed by atoms with E-state index in [4.69, 9.17) is 14.2 Å². The standard InChI is InChI=1S/C13H20N2O4/c1-4-19-13(16)11-6-5-7-14-12(11)15-8-10(18-3)9-17-2/h5-7,10H,4,8-9H2,1-3H3,(H,14,15). The summed E-state index contributed by atoms with van der Waals surface area (Å²) in [4.78, 5) is 15.9. The van der Waals surface area contributed by atoms with E-state index in [9.17, 15) is 4.79 Å². The maximum atomic E-state index is 11.7. The molecule has 1 atom stereocenters. The second-order valence-corrected chi connectivity index (χ2v) is 3.81. The van der Waals surface area contributed by atoms with E-state index < -0.39 is 0 Å². The van der Waals surface area contributed by atoms with Gasteiger partial charge in [-0.3, -0.25) is 0 Å². The van der Waals surface area contributed by atoms with Gasteiger partial charge in [0.1, 0.15) is 11.4 Å². The lowest BCUT2D eigenvalue weighted by molar-refractivity contribution is 0.0364. The fourth-order valence-corrected chi connectivity index (χ4v) is 1.53. The van der Waals surface area contributed by atoms with Gasteiger partial charge in [-0.15, -0.1) is 0 Å². The van der Waals surface area contributed by atoms with Crippen molar-refractivity contribution >= 4 is 11.8 Å². The summed E-state index contributed by atoms with van der Waals surface area (Å²) in [5, 5.41) is 3.07. The van der Waals surface area contributed by atoms with E-state index >= 15 is 0 Å². The van der Waals surface area contributed by atoms with E-state index in [-0.39, 0.29) is 12.1 Å². The van der Waals surface area contributed by atoms with Crippen LogP contribution < -0.4 is 5.32 Å². The third-order valence-electron chi connectivity index (χ3n) is 2.49. The summed E-state index contributed by atoms with van der Waals surface area (Å²) in [6, 6.07) is 3.37. The molecule has 1 rings (SSSR count). The monoisotopic (exact) mass is 268 g/mol. The van der Waals surface area contributed by atoms with Crippen molar-refractivity contribution in [2.75, 3.05) is 39.3 Å². The molecule has 6 nitrogen and oxygen atoms in total. The van der Waals surface area contributed by atoms with Gasteiger partial charge >= 0.3 is 5.97 Å². The Labute approximate surface area is 113 Å². The Hall–Kier alpha value is -1.66. The Morgan fingerprint density at radius 3 is 2.89 bits per heavy atom. The van der Waals surface area contributed by atoms with Crippen LogP contribution in [0.3, 0.4) is 0 Å². The van der Waals surface area contributed by atoms with Crippen LogP contribution in [0, 0.1) is 0 Å². The molecule has 0 saturated heterocycles. The molecule has 1 heterocycles. The molecule has 1 N–H and O–H groups in total. The first-order valence-electron chi connectivity index (χ1n) is 6.10. The van der Waals surface area contributed by atoms with Crippen LogP contribution >= 0.6 is 0 Å². The average Bonchev–Trinajstić information content (AvgIpc) is 2.44. The van der Waals surface area contributed by atoms with E-state index in [0.29, 0.717) is 31.1 Å². The molecule has 0 aromatic carbocycles. The van der Waals surface area contributed by atoms with Crippen LogP contribution in [0.4, 0.5) is 5.82 Å². The van der Waals surface area contributed by atoms with Crippen LogP contribution in [-0.2, 0) is 14.2 Å². The molecule has 0 bridgehead atoms. The van der Waals surface area contributed by atoms with Crippen LogP contribution in [0.2, 0.25) is 0 Å². The smallest absolute Gasteiger partial charge is 0.341 e. The first kappa shape index (κ1) is 15.4. The maximum Gasteiger partial charge on any atom is 0.341 e. The first-order valence-corrected chi connectivity index (χ1v) is 6.10. The SMILES string of the molecule is CCOC(=O)c1cccnc1NCC(COC)OC. The van der Waals surface area contributed by atoms with E-state index in [1.807, 2.05) is 0 Å². The minimum atomic E-state index is -0.390. The van der Waals surface area contributed by atoms with Gasteiger partial charge in [-0.2, -0.15) is 0 Å². The summed E-state index contributed by atoms with van der Waals surface area (Å²) in [5.74, 6) is 0.0953. The molecule has 0 spiro atoms. The van der Waals surface area contributed by atoms with Gasteiger partial charge in [-0.05, 0) is 19.1 Å². The van der Waals surface area contributed by atoms with Crippen LogP contribution in [0.5, 0.6) is 0 Å². The minimum Gasteiger partial charge on any atom is -0.462 e. The molecule has 0 fully saturated rings. The van der Waals surface area contributed by atoms with Gasteiger partial charge in [-0.25, -0.2) is 9.78 Å². The van der Waals surface area contributed by atoms with E-state index in [1.54, 1.807) is 39.5 Å². The summed E-state index contributed by atoms with van der Waals surface area (Å²) >= 11 is 0. The molecular weight excluding hydrogens is 248 g/mol. The van der Waals surface area contributed by atoms with Crippen molar-refractivity contribution in [2.24, 2.45) is 0 Å². The number of anilines is 1. The number of carbonyl (C=O) groups excluding carboxylic acids is 1. The van der Waals surface area contributed by atoms with Gasteiger partial charge in [0.05, 0.1) is 19.3 Å². The van der Waals surface area contributed by atoms with Gasteiger partial charge in [0, 0.05) is 27.0 Å². The van der Waals surface area contributed by atoms with Crippen molar-refractivity contribution in [3.8, 4) is 0 Å². The van der Waals surface area contributed by atoms with Gasteiger partial charge < -0.3 is 19.5 Å². The highest BCUT2D eigenvalue weighted by molar-refractivity contribution is 5.94. The molecule has 1 aromatic heterocycles. The summed E-state index contributed by atoms with van der Waals surface area (Å²) in [6.45, 7) is 3.05. The fraction of sp³-hybridized carbons (Fsp3) is 0.538. The predicted molar refractivity (Wildman–Crippen MR) is 71.4 cm³/mol. The number of rotatable bonds is 8. The number of carbonyl (C=O) groups is 1. The van der Waals surface area contributed by atoms with Crippen molar-refractivity contribution in [1.82, 2.24) is 4.98 Å². The summed E-state index contributed by atoms with van der Waals surface area (Å²) in [6.07, 6.45) is 1.51. The van der Waals surface area contributed by atoms with E-state index in [2.05, 4.69) is 10.3 Å². The number of ether oxygens (including phenoxy) is 3. The van der Waals surface area contributed by atoms with Crippen molar-refractivity contribution in [3.63, 3.8) is 0 Å². The van der Waals surface area contributed by atoms with Crippen molar-refractivity contribution < 1.29 is 19.0 Å². The van der Waals surface area contributed by atoms with E-state index in [1.165, 1.54) is 0 Å². The molecule has 106 valence electrons. The quantitative estimate of drug-likeness (QED) is 0.717. The highest BCUT2D eigenvalue weighted by Gasteiger charge is 2.14. The molecule has 1 aromatic rings. The predicted octanol–water partition coefficient (Wildman–Crippen LogP) is 1.33. The van der Waals surface area contributed by atoms with Crippen LogP contribution in [-0.4, -0.2) is 51.0 Å². The lowest BCUT2D eigenvalue weighted by Crippen LogP contribution is -2.27. The zero-order valence-electron chi connectivity index (χ0n) is 11.5. The summed E-state index contributed by atoms with van der Waals surface area (Å²) < 4.78 is 15.2. The number of hydrogen-bond donors (Lipinski definition) is 1. The van der Waals surface area contributed by atoms with Crippen LogP contribution in [0.1, 0.15) is 17.3 Å². The zero-order valence-corrected chi connectivity index (χ0v) is 11.5. The molecule has 0 saturated carbocycles. The normalized spacial score (nSPS) is 11.9. The third kappa shape index (κ3) is 4.84. The lowest BCUT2D eigenvalue weighted by Gasteiger charge is -2.16. The Morgan fingerprint density at radius 2 is 2.26 bits per heavy atom. The summed E-state index contributed by atoms with van der Waals surface area (Å²) in [7, 11) is 3.22. The molecule has 0 amide bonds. The van der Waals surface area contributed by atoms with Crippen molar-refractivity contribution in [3.05, 3.63) is 23.9 Å². The Balaban J connectivity index is 2.69. The average molecular weight is 268 g/mol. The molecule has 6 heteroatoms. The number of pyridine rings is 1. The highest BCUT2D eigenvalue weighted by atomic mass is 16.5. The molecule has 0 aliphatic heterocycles. The number of hydrogen-bond acceptors (Lipinski definition) is 6.